The van der Waals surface area contributed by atoms with E-state index < -0.39 is 0 Å². The molecule has 0 saturated heterocycles. The van der Waals surface area contributed by atoms with Crippen molar-refractivity contribution in [1.29, 1.82) is 0 Å². The number of nitrogens with one attached hydrogen (secondary N) is 2. The summed E-state index contributed by atoms with van der Waals surface area (Å²) in [6, 6.07) is 15.2. The Kier molecular flexibility index (Phi) is 7.50. The first-order valence-corrected chi connectivity index (χ1v) is 11.7. The highest BCUT2D eigenvalue weighted by Gasteiger charge is 2.22. The fourth-order valence-corrected chi connectivity index (χ4v) is 4.52. The quantitative estimate of drug-likeness (QED) is 0.505. The van der Waals surface area contributed by atoms with Gasteiger partial charge in [-0.1, -0.05) is 12.1 Å². The number of benzene rings is 2. The Labute approximate surface area is 196 Å². The van der Waals surface area contributed by atoms with E-state index in [1.165, 1.54) is 5.56 Å². The summed E-state index contributed by atoms with van der Waals surface area (Å²) in [4.78, 5) is 11.6. The van der Waals surface area contributed by atoms with Crippen LogP contribution in [0.4, 0.5) is 11.8 Å². The number of anilines is 2. The highest BCUT2D eigenvalue weighted by molar-refractivity contribution is 5.90. The Morgan fingerprint density at radius 1 is 0.909 bits per heavy atom. The highest BCUT2D eigenvalue weighted by atomic mass is 16.5. The molecular weight excluding hydrogens is 414 g/mol. The zero-order chi connectivity index (χ0) is 23.2. The molecule has 7 nitrogen and oxygen atoms in total. The van der Waals surface area contributed by atoms with E-state index in [2.05, 4.69) is 28.8 Å². The monoisotopic (exact) mass is 449 g/mol. The second-order valence-corrected chi connectivity index (χ2v) is 8.90. The first kappa shape index (κ1) is 23.1. The minimum absolute atomic E-state index is 0.405. The van der Waals surface area contributed by atoms with Crippen molar-refractivity contribution in [3.63, 3.8) is 0 Å². The van der Waals surface area contributed by atoms with E-state index >= 15 is 0 Å². The van der Waals surface area contributed by atoms with Gasteiger partial charge in [0.05, 0.1) is 19.7 Å². The van der Waals surface area contributed by atoms with Crippen molar-refractivity contribution in [1.82, 2.24) is 15.3 Å². The summed E-state index contributed by atoms with van der Waals surface area (Å²) in [5.74, 6) is 3.35. The molecule has 0 radical (unpaired) electrons. The number of ether oxygens (including phenoxy) is 2. The Morgan fingerprint density at radius 3 is 2.24 bits per heavy atom. The molecule has 33 heavy (non-hydrogen) atoms. The molecule has 1 fully saturated rings. The van der Waals surface area contributed by atoms with Crippen molar-refractivity contribution in [2.24, 2.45) is 0 Å². The molecule has 1 saturated carbocycles. The average Bonchev–Trinajstić information content (AvgIpc) is 2.84. The average molecular weight is 450 g/mol. The van der Waals surface area contributed by atoms with E-state index in [1.807, 2.05) is 43.3 Å². The van der Waals surface area contributed by atoms with Crippen LogP contribution >= 0.6 is 0 Å². The van der Waals surface area contributed by atoms with Crippen LogP contribution in [0.5, 0.6) is 11.5 Å². The third-order valence-corrected chi connectivity index (χ3v) is 6.33. The van der Waals surface area contributed by atoms with E-state index in [0.29, 0.717) is 12.1 Å². The van der Waals surface area contributed by atoms with Crippen molar-refractivity contribution < 1.29 is 9.47 Å². The van der Waals surface area contributed by atoms with Crippen LogP contribution in [-0.2, 0) is 6.42 Å². The van der Waals surface area contributed by atoms with E-state index in [4.69, 9.17) is 19.4 Å². The summed E-state index contributed by atoms with van der Waals surface area (Å²) in [6.45, 7) is 0.944. The molecule has 1 aliphatic rings. The van der Waals surface area contributed by atoms with Gasteiger partial charge in [0.2, 0.25) is 5.95 Å². The minimum atomic E-state index is 0.405. The molecule has 2 N–H and O–H groups in total. The number of hydrogen-bond acceptors (Lipinski definition) is 7. The largest absolute Gasteiger partial charge is 0.497 e. The fraction of sp³-hybridized carbons (Fsp3) is 0.462. The SMILES string of the molecule is COc1cc(CCNC2CCC(Nc3nc(N(C)C)c4ccccc4n3)CC2)cc(OC)c1. The Hall–Kier alpha value is -3.06. The molecule has 176 valence electrons. The lowest BCUT2D eigenvalue weighted by atomic mass is 9.91. The summed E-state index contributed by atoms with van der Waals surface area (Å²) in [5.41, 5.74) is 2.20. The normalized spacial score (nSPS) is 18.2. The molecule has 7 heteroatoms. The smallest absolute Gasteiger partial charge is 0.225 e. The number of fused-ring (bicyclic) bond motifs is 1. The lowest BCUT2D eigenvalue weighted by Gasteiger charge is -2.30. The number of methoxy groups -OCH3 is 2. The van der Waals surface area contributed by atoms with E-state index in [1.54, 1.807) is 14.2 Å². The second-order valence-electron chi connectivity index (χ2n) is 8.90. The molecule has 0 unspecified atom stereocenters. The van der Waals surface area contributed by atoms with Gasteiger partial charge >= 0.3 is 0 Å². The summed E-state index contributed by atoms with van der Waals surface area (Å²) in [6.07, 6.45) is 5.46. The molecule has 4 rings (SSSR count). The van der Waals surface area contributed by atoms with Crippen molar-refractivity contribution in [3.05, 3.63) is 48.0 Å². The molecule has 0 atom stereocenters. The molecule has 2 aromatic carbocycles. The van der Waals surface area contributed by atoms with Gasteiger partial charge in [-0.3, -0.25) is 0 Å². The summed E-state index contributed by atoms with van der Waals surface area (Å²) >= 11 is 0. The number of para-hydroxylation sites is 1. The third-order valence-electron chi connectivity index (χ3n) is 6.33. The Balaban J connectivity index is 1.28. The Morgan fingerprint density at radius 2 is 1.58 bits per heavy atom. The molecule has 0 bridgehead atoms. The molecule has 0 spiro atoms. The first-order chi connectivity index (χ1) is 16.1. The lowest BCUT2D eigenvalue weighted by Crippen LogP contribution is -2.38. The van der Waals surface area contributed by atoms with E-state index in [-0.39, 0.29) is 0 Å². The van der Waals surface area contributed by atoms with Crippen molar-refractivity contribution in [2.45, 2.75) is 44.2 Å². The summed E-state index contributed by atoms with van der Waals surface area (Å²) in [5, 5.41) is 8.40. The molecular formula is C26H35N5O2. The number of nitrogens with zero attached hydrogens (tertiary/aromatic N) is 3. The van der Waals surface area contributed by atoms with Gasteiger partial charge in [-0.25, -0.2) is 4.98 Å². The van der Waals surface area contributed by atoms with Gasteiger partial charge in [0.15, 0.2) is 0 Å². The Bertz CT molecular complexity index is 1040. The van der Waals surface area contributed by atoms with Crippen LogP contribution in [0, 0.1) is 0 Å². The van der Waals surface area contributed by atoms with Crippen LogP contribution in [0.2, 0.25) is 0 Å². The van der Waals surface area contributed by atoms with E-state index in [0.717, 1.165) is 72.8 Å². The number of hydrogen-bond donors (Lipinski definition) is 2. The molecule has 1 heterocycles. The third kappa shape index (κ3) is 5.85. The number of rotatable bonds is 9. The van der Waals surface area contributed by atoms with Gasteiger partial charge < -0.3 is 25.0 Å². The summed E-state index contributed by atoms with van der Waals surface area (Å²) < 4.78 is 10.8. The molecule has 0 amide bonds. The van der Waals surface area contributed by atoms with Gasteiger partial charge in [-0.15, -0.1) is 0 Å². The zero-order valence-corrected chi connectivity index (χ0v) is 20.1. The molecule has 0 aliphatic heterocycles. The molecule has 3 aromatic rings. The highest BCUT2D eigenvalue weighted by Crippen LogP contribution is 2.27. The van der Waals surface area contributed by atoms with E-state index in [9.17, 15) is 0 Å². The molecule has 1 aromatic heterocycles. The maximum absolute atomic E-state index is 5.38. The first-order valence-electron chi connectivity index (χ1n) is 11.7. The maximum Gasteiger partial charge on any atom is 0.225 e. The maximum atomic E-state index is 5.38. The van der Waals surface area contributed by atoms with Gasteiger partial charge in [0, 0.05) is 37.6 Å². The minimum Gasteiger partial charge on any atom is -0.497 e. The van der Waals surface area contributed by atoms with Crippen LogP contribution in [0.15, 0.2) is 42.5 Å². The van der Waals surface area contributed by atoms with Crippen LogP contribution < -0.4 is 25.0 Å². The topological polar surface area (TPSA) is 71.5 Å². The van der Waals surface area contributed by atoms with Crippen LogP contribution in [0.1, 0.15) is 31.2 Å². The molecule has 1 aliphatic carbocycles. The predicted octanol–water partition coefficient (Wildman–Crippen LogP) is 4.27. The predicted molar refractivity (Wildman–Crippen MR) is 135 cm³/mol. The van der Waals surface area contributed by atoms with Crippen molar-refractivity contribution in [3.8, 4) is 11.5 Å². The van der Waals surface area contributed by atoms with Crippen molar-refractivity contribution in [2.75, 3.05) is 45.1 Å². The summed E-state index contributed by atoms with van der Waals surface area (Å²) in [7, 11) is 7.43. The van der Waals surface area contributed by atoms with Crippen LogP contribution in [-0.4, -0.2) is 56.9 Å². The van der Waals surface area contributed by atoms with Crippen LogP contribution in [0.25, 0.3) is 10.9 Å². The second kappa shape index (κ2) is 10.7. The lowest BCUT2D eigenvalue weighted by molar-refractivity contribution is 0.354. The van der Waals surface area contributed by atoms with Gasteiger partial charge in [0.1, 0.15) is 17.3 Å². The standard InChI is InChI=1S/C26H35N5O2/c1-31(2)25-23-7-5-6-8-24(23)29-26(30-25)28-20-11-9-19(10-12-20)27-14-13-18-15-21(32-3)17-22(16-18)33-4/h5-8,15-17,19-20,27H,9-14H2,1-4H3,(H,28,29,30). The zero-order valence-electron chi connectivity index (χ0n) is 20.1. The van der Waals surface area contributed by atoms with Gasteiger partial charge in [-0.05, 0) is 68.5 Å². The van der Waals surface area contributed by atoms with Crippen molar-refractivity contribution >= 4 is 22.7 Å². The number of aromatic nitrogens is 2. The van der Waals surface area contributed by atoms with Gasteiger partial charge in [0.25, 0.3) is 0 Å². The fourth-order valence-electron chi connectivity index (χ4n) is 4.52. The van der Waals surface area contributed by atoms with Gasteiger partial charge in [-0.2, -0.15) is 4.98 Å². The van der Waals surface area contributed by atoms with Crippen LogP contribution in [0.3, 0.4) is 0 Å².